The first-order valence-electron chi connectivity index (χ1n) is 7.64. The summed E-state index contributed by atoms with van der Waals surface area (Å²) in [7, 11) is 0. The molecule has 2 aromatic rings. The third-order valence-electron chi connectivity index (χ3n) is 3.41. The van der Waals surface area contributed by atoms with Crippen LogP contribution in [0.15, 0.2) is 51.4 Å². The van der Waals surface area contributed by atoms with Crippen molar-refractivity contribution in [2.45, 2.75) is 19.8 Å². The van der Waals surface area contributed by atoms with E-state index in [1.165, 1.54) is 0 Å². The highest BCUT2D eigenvalue weighted by Crippen LogP contribution is 2.28. The molecule has 0 radical (unpaired) electrons. The van der Waals surface area contributed by atoms with Crippen LogP contribution in [0.3, 0.4) is 0 Å². The quantitative estimate of drug-likeness (QED) is 0.645. The molecule has 0 unspecified atom stereocenters. The summed E-state index contributed by atoms with van der Waals surface area (Å²) in [5.41, 5.74) is 6.32. The molecule has 5 nitrogen and oxygen atoms in total. The van der Waals surface area contributed by atoms with Crippen molar-refractivity contribution in [3.63, 3.8) is 0 Å². The molecule has 132 valence electrons. The summed E-state index contributed by atoms with van der Waals surface area (Å²) in [6.45, 7) is 3.95. The first-order chi connectivity index (χ1) is 11.9. The number of amides is 2. The third-order valence-corrected chi connectivity index (χ3v) is 4.52. The van der Waals surface area contributed by atoms with Crippen LogP contribution in [0.4, 0.5) is 0 Å². The Morgan fingerprint density at radius 3 is 2.32 bits per heavy atom. The minimum absolute atomic E-state index is 0.215. The molecule has 0 aliphatic carbocycles. The van der Waals surface area contributed by atoms with E-state index in [9.17, 15) is 9.59 Å². The molecular weight excluding hydrogens is 452 g/mol. The normalized spacial score (nSPS) is 10.4. The van der Waals surface area contributed by atoms with Crippen molar-refractivity contribution in [1.29, 1.82) is 0 Å². The topological polar surface area (TPSA) is 67.4 Å². The molecule has 0 atom stereocenters. The minimum atomic E-state index is -0.457. The fourth-order valence-electron chi connectivity index (χ4n) is 1.99. The fraction of sp³-hybridized carbons (Fsp3) is 0.222. The predicted octanol–water partition coefficient (Wildman–Crippen LogP) is 4.18. The van der Waals surface area contributed by atoms with Crippen LogP contribution in [0.25, 0.3) is 0 Å². The minimum Gasteiger partial charge on any atom is -0.483 e. The number of benzene rings is 2. The lowest BCUT2D eigenvalue weighted by molar-refractivity contribution is -0.123. The lowest BCUT2D eigenvalue weighted by atomic mass is 10.0. The van der Waals surface area contributed by atoms with Crippen molar-refractivity contribution in [1.82, 2.24) is 10.9 Å². The molecule has 0 aromatic heterocycles. The largest absolute Gasteiger partial charge is 0.483 e. The number of hydrogen-bond donors (Lipinski definition) is 2. The van der Waals surface area contributed by atoms with Gasteiger partial charge in [-0.05, 0) is 57.7 Å². The number of hydrazine groups is 1. The second-order valence-electron chi connectivity index (χ2n) is 5.64. The molecule has 2 amide bonds. The first-order valence-corrected chi connectivity index (χ1v) is 9.22. The third kappa shape index (κ3) is 5.86. The Labute approximate surface area is 163 Å². The Kier molecular flexibility index (Phi) is 7.01. The summed E-state index contributed by atoms with van der Waals surface area (Å²) in [4.78, 5) is 23.8. The van der Waals surface area contributed by atoms with E-state index >= 15 is 0 Å². The van der Waals surface area contributed by atoms with E-state index in [-0.39, 0.29) is 12.5 Å². The summed E-state index contributed by atoms with van der Waals surface area (Å²) in [5, 5.41) is 0. The van der Waals surface area contributed by atoms with Gasteiger partial charge in [-0.25, -0.2) is 0 Å². The van der Waals surface area contributed by atoms with Gasteiger partial charge < -0.3 is 4.74 Å². The van der Waals surface area contributed by atoms with Crippen LogP contribution in [0.2, 0.25) is 0 Å². The second-order valence-corrected chi connectivity index (χ2v) is 7.41. The van der Waals surface area contributed by atoms with Gasteiger partial charge in [0.2, 0.25) is 0 Å². The SMILES string of the molecule is CC(C)c1ccc(C(=O)NNC(=O)COc2ccc(Br)cc2Br)cc1. The number of nitrogens with one attached hydrogen (secondary N) is 2. The van der Waals surface area contributed by atoms with Gasteiger partial charge in [-0.2, -0.15) is 0 Å². The zero-order valence-electron chi connectivity index (χ0n) is 13.8. The summed E-state index contributed by atoms with van der Waals surface area (Å²) < 4.78 is 7.02. The Balaban J connectivity index is 1.81. The Morgan fingerprint density at radius 1 is 1.04 bits per heavy atom. The smallest absolute Gasteiger partial charge is 0.276 e. The summed E-state index contributed by atoms with van der Waals surface area (Å²) in [5.74, 6) is 0.0938. The van der Waals surface area contributed by atoms with E-state index in [0.29, 0.717) is 17.2 Å². The zero-order chi connectivity index (χ0) is 18.4. The van der Waals surface area contributed by atoms with Gasteiger partial charge >= 0.3 is 0 Å². The maximum absolute atomic E-state index is 12.0. The monoisotopic (exact) mass is 468 g/mol. The summed E-state index contributed by atoms with van der Waals surface area (Å²) >= 11 is 6.69. The van der Waals surface area contributed by atoms with Crippen molar-refractivity contribution in [3.8, 4) is 5.75 Å². The molecule has 0 spiro atoms. The predicted molar refractivity (Wildman–Crippen MR) is 103 cm³/mol. The van der Waals surface area contributed by atoms with Crippen LogP contribution in [0.1, 0.15) is 35.7 Å². The molecule has 0 aliphatic heterocycles. The highest BCUT2D eigenvalue weighted by atomic mass is 79.9. The van der Waals surface area contributed by atoms with Crippen LogP contribution in [-0.2, 0) is 4.79 Å². The molecule has 0 saturated carbocycles. The van der Waals surface area contributed by atoms with Gasteiger partial charge in [-0.3, -0.25) is 20.4 Å². The van der Waals surface area contributed by atoms with E-state index in [1.807, 2.05) is 18.2 Å². The molecule has 2 N–H and O–H groups in total. The van der Waals surface area contributed by atoms with E-state index in [0.717, 1.165) is 14.5 Å². The first kappa shape index (κ1) is 19.5. The van der Waals surface area contributed by atoms with Gasteiger partial charge in [-0.15, -0.1) is 0 Å². The van der Waals surface area contributed by atoms with Crippen LogP contribution < -0.4 is 15.6 Å². The van der Waals surface area contributed by atoms with Crippen LogP contribution in [0, 0.1) is 0 Å². The standard InChI is InChI=1S/C18H18Br2N2O3/c1-11(2)12-3-5-13(6-4-12)18(24)22-21-17(23)10-25-16-8-7-14(19)9-15(16)20/h3-9,11H,10H2,1-2H3,(H,21,23)(H,22,24). The van der Waals surface area contributed by atoms with Crippen molar-refractivity contribution < 1.29 is 14.3 Å². The number of carbonyl (C=O) groups is 2. The van der Waals surface area contributed by atoms with E-state index in [2.05, 4.69) is 56.6 Å². The van der Waals surface area contributed by atoms with Crippen molar-refractivity contribution in [2.24, 2.45) is 0 Å². The molecular formula is C18H18Br2N2O3. The number of carbonyl (C=O) groups excluding carboxylic acids is 2. The van der Waals surface area contributed by atoms with Gasteiger partial charge in [0, 0.05) is 10.0 Å². The number of halogens is 2. The fourth-order valence-corrected chi connectivity index (χ4v) is 3.15. The Hall–Kier alpha value is -1.86. The summed E-state index contributed by atoms with van der Waals surface area (Å²) in [6, 6.07) is 12.6. The number of ether oxygens (including phenoxy) is 1. The average Bonchev–Trinajstić information content (AvgIpc) is 2.59. The average molecular weight is 470 g/mol. The van der Waals surface area contributed by atoms with Gasteiger partial charge in [0.15, 0.2) is 6.61 Å². The van der Waals surface area contributed by atoms with Gasteiger partial charge in [0.1, 0.15) is 5.75 Å². The molecule has 25 heavy (non-hydrogen) atoms. The Morgan fingerprint density at radius 2 is 1.72 bits per heavy atom. The zero-order valence-corrected chi connectivity index (χ0v) is 17.0. The lowest BCUT2D eigenvalue weighted by Crippen LogP contribution is -2.43. The van der Waals surface area contributed by atoms with Crippen LogP contribution in [-0.4, -0.2) is 18.4 Å². The molecule has 0 fully saturated rings. The lowest BCUT2D eigenvalue weighted by Gasteiger charge is -2.11. The highest BCUT2D eigenvalue weighted by Gasteiger charge is 2.10. The molecule has 2 rings (SSSR count). The maximum atomic E-state index is 12.0. The molecule has 0 bridgehead atoms. The summed E-state index contributed by atoms with van der Waals surface area (Å²) in [6.07, 6.45) is 0. The van der Waals surface area contributed by atoms with Gasteiger partial charge in [0.25, 0.3) is 11.8 Å². The van der Waals surface area contributed by atoms with Gasteiger partial charge in [-0.1, -0.05) is 41.9 Å². The maximum Gasteiger partial charge on any atom is 0.276 e. The van der Waals surface area contributed by atoms with Crippen molar-refractivity contribution in [2.75, 3.05) is 6.61 Å². The van der Waals surface area contributed by atoms with Gasteiger partial charge in [0.05, 0.1) is 4.47 Å². The number of hydrogen-bond acceptors (Lipinski definition) is 3. The molecule has 0 aliphatic rings. The van der Waals surface area contributed by atoms with E-state index in [4.69, 9.17) is 4.74 Å². The van der Waals surface area contributed by atoms with Crippen LogP contribution >= 0.6 is 31.9 Å². The van der Waals surface area contributed by atoms with Crippen molar-refractivity contribution in [3.05, 3.63) is 62.5 Å². The van der Waals surface area contributed by atoms with E-state index < -0.39 is 5.91 Å². The van der Waals surface area contributed by atoms with E-state index in [1.54, 1.807) is 24.3 Å². The Bertz CT molecular complexity index is 761. The second kappa shape index (κ2) is 9.01. The number of rotatable bonds is 5. The highest BCUT2D eigenvalue weighted by molar-refractivity contribution is 9.11. The molecule has 2 aromatic carbocycles. The van der Waals surface area contributed by atoms with Crippen LogP contribution in [0.5, 0.6) is 5.75 Å². The molecule has 0 heterocycles. The molecule has 0 saturated heterocycles. The van der Waals surface area contributed by atoms with Crippen molar-refractivity contribution >= 4 is 43.7 Å². The molecule has 7 heteroatoms.